The van der Waals surface area contributed by atoms with E-state index in [2.05, 4.69) is 21.3 Å². The number of hydrazine groups is 2. The Morgan fingerprint density at radius 3 is 2.58 bits per heavy atom. The molecule has 10 nitrogen and oxygen atoms in total. The van der Waals surface area contributed by atoms with Crippen molar-refractivity contribution in [2.75, 3.05) is 24.8 Å². The van der Waals surface area contributed by atoms with Crippen LogP contribution >= 0.6 is 11.6 Å². The molecule has 1 aromatic rings. The van der Waals surface area contributed by atoms with Gasteiger partial charge in [0.05, 0.1) is 21.9 Å². The van der Waals surface area contributed by atoms with Crippen molar-refractivity contribution < 1.29 is 19.5 Å². The molecule has 3 rings (SSSR count). The van der Waals surface area contributed by atoms with E-state index in [1.165, 1.54) is 17.6 Å². The maximum absolute atomic E-state index is 12.9. The molecular formula is C22H31ClN6O4. The number of anilines is 1. The van der Waals surface area contributed by atoms with E-state index in [-0.39, 0.29) is 29.6 Å². The monoisotopic (exact) mass is 478 g/mol. The molecule has 0 bridgehead atoms. The van der Waals surface area contributed by atoms with Crippen LogP contribution in [0.15, 0.2) is 23.3 Å². The van der Waals surface area contributed by atoms with Gasteiger partial charge in [-0.05, 0) is 38.0 Å². The lowest BCUT2D eigenvalue weighted by Crippen LogP contribution is -2.57. The summed E-state index contributed by atoms with van der Waals surface area (Å²) in [4.78, 5) is 36.8. The molecule has 11 heteroatoms. The first-order valence-electron chi connectivity index (χ1n) is 11.3. The van der Waals surface area contributed by atoms with Crippen LogP contribution in [-0.2, 0) is 9.59 Å². The van der Waals surface area contributed by atoms with Gasteiger partial charge in [-0.25, -0.2) is 5.01 Å². The van der Waals surface area contributed by atoms with Gasteiger partial charge < -0.3 is 15.7 Å². The molecular weight excluding hydrogens is 448 g/mol. The number of hydrogen-bond acceptors (Lipinski definition) is 7. The Kier molecular flexibility index (Phi) is 8.65. The third-order valence-electron chi connectivity index (χ3n) is 5.74. The molecule has 0 atom stereocenters. The van der Waals surface area contributed by atoms with Gasteiger partial charge >= 0.3 is 0 Å². The zero-order valence-electron chi connectivity index (χ0n) is 18.8. The van der Waals surface area contributed by atoms with Crippen molar-refractivity contribution in [2.45, 2.75) is 57.5 Å². The van der Waals surface area contributed by atoms with E-state index in [1.54, 1.807) is 19.1 Å². The highest BCUT2D eigenvalue weighted by atomic mass is 35.5. The zero-order chi connectivity index (χ0) is 23.8. The Balaban J connectivity index is 1.68. The first kappa shape index (κ1) is 24.9. The fourth-order valence-corrected chi connectivity index (χ4v) is 4.10. The van der Waals surface area contributed by atoms with E-state index in [9.17, 15) is 19.5 Å². The fourth-order valence-electron chi connectivity index (χ4n) is 3.90. The molecule has 0 aromatic heterocycles. The van der Waals surface area contributed by atoms with E-state index >= 15 is 0 Å². The Hall–Kier alpha value is -2.69. The number of rotatable bonds is 7. The van der Waals surface area contributed by atoms with Crippen molar-refractivity contribution in [1.82, 2.24) is 21.2 Å². The number of hydrogen-bond donors (Lipinski definition) is 4. The minimum atomic E-state index is -0.918. The molecule has 180 valence electrons. The molecule has 1 aromatic carbocycles. The summed E-state index contributed by atoms with van der Waals surface area (Å²) >= 11 is 6.27. The molecule has 0 saturated heterocycles. The smallest absolute Gasteiger partial charge is 0.282 e. The first-order chi connectivity index (χ1) is 15.8. The number of hydrazone groups is 1. The third-order valence-corrected chi connectivity index (χ3v) is 6.07. The minimum absolute atomic E-state index is 0.154. The predicted molar refractivity (Wildman–Crippen MR) is 126 cm³/mol. The number of nitrogens with zero attached hydrogens (tertiary/aromatic N) is 3. The second-order valence-corrected chi connectivity index (χ2v) is 8.78. The van der Waals surface area contributed by atoms with Gasteiger partial charge in [-0.1, -0.05) is 43.7 Å². The summed E-state index contributed by atoms with van der Waals surface area (Å²) < 4.78 is 0. The van der Waals surface area contributed by atoms with E-state index in [0.29, 0.717) is 25.1 Å². The Morgan fingerprint density at radius 1 is 1.18 bits per heavy atom. The molecule has 1 saturated carbocycles. The maximum atomic E-state index is 12.9. The van der Waals surface area contributed by atoms with E-state index < -0.39 is 17.4 Å². The Morgan fingerprint density at radius 2 is 1.88 bits per heavy atom. The van der Waals surface area contributed by atoms with Crippen LogP contribution in [0.4, 0.5) is 5.69 Å². The summed E-state index contributed by atoms with van der Waals surface area (Å²) in [5, 5.41) is 23.0. The van der Waals surface area contributed by atoms with Crippen LogP contribution in [0.2, 0.25) is 5.02 Å². The molecule has 33 heavy (non-hydrogen) atoms. The number of aliphatic hydroxyl groups is 1. The van der Waals surface area contributed by atoms with Crippen LogP contribution in [0.3, 0.4) is 0 Å². The summed E-state index contributed by atoms with van der Waals surface area (Å²) in [7, 11) is 0. The topological polar surface area (TPSA) is 126 Å². The Labute approximate surface area is 198 Å². The molecule has 0 unspecified atom stereocenters. The molecule has 1 aliphatic heterocycles. The molecule has 2 aliphatic rings. The van der Waals surface area contributed by atoms with Crippen LogP contribution in [0.25, 0.3) is 0 Å². The molecule has 3 amide bonds. The summed E-state index contributed by atoms with van der Waals surface area (Å²) in [5.41, 5.74) is 2.48. The van der Waals surface area contributed by atoms with Gasteiger partial charge in [0, 0.05) is 13.1 Å². The average molecular weight is 479 g/mol. The number of amides is 3. The van der Waals surface area contributed by atoms with Crippen molar-refractivity contribution in [3.8, 4) is 0 Å². The minimum Gasteiger partial charge on any atom is -0.388 e. The van der Waals surface area contributed by atoms with Gasteiger partial charge in [-0.2, -0.15) is 10.2 Å². The molecule has 1 heterocycles. The van der Waals surface area contributed by atoms with Crippen LogP contribution in [0.5, 0.6) is 0 Å². The van der Waals surface area contributed by atoms with Crippen molar-refractivity contribution in [3.63, 3.8) is 0 Å². The lowest BCUT2D eigenvalue weighted by molar-refractivity contribution is -0.134. The van der Waals surface area contributed by atoms with Gasteiger partial charge in [-0.3, -0.25) is 14.4 Å². The highest BCUT2D eigenvalue weighted by Crippen LogP contribution is 2.27. The normalized spacial score (nSPS) is 18.5. The number of carbonyl (C=O) groups excluding carboxylic acids is 3. The lowest BCUT2D eigenvalue weighted by Gasteiger charge is -2.31. The fraction of sp³-hybridized carbons (Fsp3) is 0.545. The highest BCUT2D eigenvalue weighted by Gasteiger charge is 2.29. The first-order valence-corrected chi connectivity index (χ1v) is 11.7. The van der Waals surface area contributed by atoms with E-state index in [1.807, 2.05) is 0 Å². The van der Waals surface area contributed by atoms with Gasteiger partial charge in [0.2, 0.25) is 5.91 Å². The number of likely N-dealkylation sites (N-methyl/N-ethyl adjacent to an activating group) is 1. The zero-order valence-corrected chi connectivity index (χ0v) is 19.5. The van der Waals surface area contributed by atoms with Crippen molar-refractivity contribution in [2.24, 2.45) is 5.10 Å². The number of nitrogens with one attached hydrogen (secondary N) is 3. The van der Waals surface area contributed by atoms with Crippen molar-refractivity contribution in [3.05, 3.63) is 28.8 Å². The summed E-state index contributed by atoms with van der Waals surface area (Å²) in [5.74, 6) is -1.21. The van der Waals surface area contributed by atoms with E-state index in [4.69, 9.17) is 11.6 Å². The number of benzene rings is 1. The molecule has 0 radical (unpaired) electrons. The average Bonchev–Trinajstić information content (AvgIpc) is 2.77. The molecule has 4 N–H and O–H groups in total. The van der Waals surface area contributed by atoms with Crippen molar-refractivity contribution in [1.29, 1.82) is 0 Å². The largest absolute Gasteiger partial charge is 0.388 e. The van der Waals surface area contributed by atoms with Gasteiger partial charge in [0.15, 0.2) is 0 Å². The quantitative estimate of drug-likeness (QED) is 0.473. The standard InChI is InChI=1S/C22H31ClN6O4/c1-2-24-19(30)14-28-20(31)13-26-29(27-28)16-8-9-18(23)17(12-16)21(32)25-15-22(33)10-6-4-3-5-7-11-22/h8-9,12-13,27,33H,2-7,10-11,14-15H2,1H3,(H,24,30)(H,25,32). The molecule has 1 aliphatic carbocycles. The predicted octanol–water partition coefficient (Wildman–Crippen LogP) is 1.74. The summed E-state index contributed by atoms with van der Waals surface area (Å²) in [6.45, 7) is 2.19. The number of carbonyl (C=O) groups is 3. The van der Waals surface area contributed by atoms with Crippen LogP contribution in [0, 0.1) is 0 Å². The Bertz CT molecular complexity index is 901. The van der Waals surface area contributed by atoms with Gasteiger partial charge in [-0.15, -0.1) is 5.53 Å². The second kappa shape index (κ2) is 11.4. The maximum Gasteiger partial charge on any atom is 0.282 e. The second-order valence-electron chi connectivity index (χ2n) is 8.37. The highest BCUT2D eigenvalue weighted by molar-refractivity contribution is 6.34. The summed E-state index contributed by atoms with van der Waals surface area (Å²) in [6.07, 6.45) is 7.63. The van der Waals surface area contributed by atoms with Crippen LogP contribution < -0.4 is 21.3 Å². The third kappa shape index (κ3) is 6.89. The van der Waals surface area contributed by atoms with Gasteiger partial charge in [0.1, 0.15) is 12.8 Å². The lowest BCUT2D eigenvalue weighted by atomic mass is 9.87. The number of halogens is 1. The van der Waals surface area contributed by atoms with Crippen LogP contribution in [-0.4, -0.2) is 59.3 Å². The van der Waals surface area contributed by atoms with Crippen LogP contribution in [0.1, 0.15) is 62.2 Å². The SMILES string of the molecule is CCNC(=O)CN1NN(c2ccc(Cl)c(C(=O)NCC3(O)CCCCCCC3)c2)N=CC1=O. The van der Waals surface area contributed by atoms with E-state index in [0.717, 1.165) is 36.9 Å². The van der Waals surface area contributed by atoms with Crippen molar-refractivity contribution >= 4 is 41.2 Å². The summed E-state index contributed by atoms with van der Waals surface area (Å²) in [6, 6.07) is 4.72. The van der Waals surface area contributed by atoms with Gasteiger partial charge in [0.25, 0.3) is 11.8 Å². The molecule has 1 fully saturated rings. The molecule has 0 spiro atoms.